The van der Waals surface area contributed by atoms with Crippen molar-refractivity contribution >= 4 is 0 Å². The van der Waals surface area contributed by atoms with Gasteiger partial charge in [-0.25, -0.2) is 0 Å². The lowest BCUT2D eigenvalue weighted by molar-refractivity contribution is -0.179. The predicted octanol–water partition coefficient (Wildman–Crippen LogP) is 3.27. The molecule has 0 aliphatic rings. The second kappa shape index (κ2) is 57.5. The lowest BCUT2D eigenvalue weighted by Gasteiger charge is -2.35. The van der Waals surface area contributed by atoms with Gasteiger partial charge in [-0.2, -0.15) is 21.0 Å². The van der Waals surface area contributed by atoms with Gasteiger partial charge in [-0.05, 0) is 71.3 Å². The first-order valence-corrected chi connectivity index (χ1v) is 26.1. The zero-order chi connectivity index (χ0) is 52.5. The molecule has 6 atom stereocenters. The van der Waals surface area contributed by atoms with E-state index < -0.39 is 18.3 Å². The number of rotatable bonds is 59. The van der Waals surface area contributed by atoms with Gasteiger partial charge in [0.25, 0.3) is 0 Å². The van der Waals surface area contributed by atoms with Crippen LogP contribution in [0.3, 0.4) is 0 Å². The summed E-state index contributed by atoms with van der Waals surface area (Å²) in [6.07, 6.45) is 1.42. The van der Waals surface area contributed by atoms with Crippen LogP contribution in [-0.4, -0.2) is 210 Å². The minimum Gasteiger partial charge on any atom is -0.381 e. The lowest BCUT2D eigenvalue weighted by atomic mass is 9.79. The first-order chi connectivity index (χ1) is 35.6. The molecule has 0 spiro atoms. The molecule has 0 amide bonds. The normalized spacial score (nSPS) is 13.9. The van der Waals surface area contributed by atoms with Crippen LogP contribution in [0.1, 0.15) is 72.6 Å². The maximum atomic E-state index is 8.98. The summed E-state index contributed by atoms with van der Waals surface area (Å²) in [4.78, 5) is 0. The standard InChI is InChI=1S/C50H94N8O14/c1-5-59-41-55-20-15-45(35-56-42-60-6-2)47(37-58-44-62-8-4)46(36-57-43-61-7-3)38-67-21-9-10-22-68-39-48(70-32-29-64-24-12-17-52)50(72-34-31-66-26-14-19-54)49(71-33-30-65-25-13-18-53)40-69-28-27-63-23-11-16-51/h45-50,55-58H,5-15,20-44H2,1-4H3. The topological polar surface area (TPSA) is 272 Å². The Morgan fingerprint density at radius 2 is 0.736 bits per heavy atom. The number of ether oxygens (including phenoxy) is 14. The predicted molar refractivity (Wildman–Crippen MR) is 268 cm³/mol. The number of nitrogens with zero attached hydrogens (tertiary/aromatic N) is 4. The van der Waals surface area contributed by atoms with E-state index in [0.29, 0.717) is 86.3 Å². The molecule has 22 heteroatoms. The highest BCUT2D eigenvalue weighted by Crippen LogP contribution is 2.25. The summed E-state index contributed by atoms with van der Waals surface area (Å²) in [5, 5.41) is 49.7. The molecule has 0 aliphatic carbocycles. The molecule has 0 aromatic rings. The number of hydrogen-bond donors (Lipinski definition) is 4. The Balaban J connectivity index is 6.11. The first-order valence-electron chi connectivity index (χ1n) is 26.1. The van der Waals surface area contributed by atoms with E-state index in [1.165, 1.54) is 0 Å². The molecule has 0 saturated heterocycles. The van der Waals surface area contributed by atoms with E-state index in [9.17, 15) is 0 Å². The third-order valence-corrected chi connectivity index (χ3v) is 10.6. The van der Waals surface area contributed by atoms with E-state index in [2.05, 4.69) is 45.5 Å². The molecule has 418 valence electrons. The molecule has 0 aromatic carbocycles. The number of hydrogen-bond acceptors (Lipinski definition) is 22. The van der Waals surface area contributed by atoms with Crippen LogP contribution in [0.25, 0.3) is 0 Å². The third kappa shape index (κ3) is 43.6. The van der Waals surface area contributed by atoms with Crippen molar-refractivity contribution < 1.29 is 66.3 Å². The van der Waals surface area contributed by atoms with E-state index in [1.54, 1.807) is 0 Å². The summed E-state index contributed by atoms with van der Waals surface area (Å²) in [7, 11) is 0. The Kier molecular flexibility index (Phi) is 55.3. The Bertz CT molecular complexity index is 1310. The maximum absolute atomic E-state index is 8.98. The van der Waals surface area contributed by atoms with Gasteiger partial charge in [0, 0.05) is 59.3 Å². The summed E-state index contributed by atoms with van der Waals surface area (Å²) >= 11 is 0. The van der Waals surface area contributed by atoms with E-state index in [4.69, 9.17) is 87.4 Å². The van der Waals surface area contributed by atoms with Crippen molar-refractivity contribution in [3.63, 3.8) is 0 Å². The van der Waals surface area contributed by atoms with Crippen molar-refractivity contribution in [1.29, 1.82) is 21.0 Å². The van der Waals surface area contributed by atoms with Gasteiger partial charge in [0.15, 0.2) is 0 Å². The van der Waals surface area contributed by atoms with Gasteiger partial charge in [0.1, 0.15) is 18.3 Å². The van der Waals surface area contributed by atoms with Crippen LogP contribution < -0.4 is 21.3 Å². The molecule has 0 bridgehead atoms. The van der Waals surface area contributed by atoms with Crippen molar-refractivity contribution in [2.24, 2.45) is 17.8 Å². The van der Waals surface area contributed by atoms with E-state index in [1.807, 2.05) is 27.7 Å². The largest absolute Gasteiger partial charge is 0.381 e. The molecule has 0 heterocycles. The SMILES string of the molecule is CCOCNCCC(CNCOCC)C(CNCOCC)C(CNCOCC)COCCCCOCC(OCCOCCC#N)C(OCCOCCC#N)C(COCCOCCC#N)OCCOCCC#N. The van der Waals surface area contributed by atoms with Crippen molar-refractivity contribution in [3.05, 3.63) is 0 Å². The van der Waals surface area contributed by atoms with Gasteiger partial charge < -0.3 is 66.3 Å². The number of nitrogens with one attached hydrogen (secondary N) is 4. The van der Waals surface area contributed by atoms with Gasteiger partial charge >= 0.3 is 0 Å². The monoisotopic (exact) mass is 1030 g/mol. The summed E-state index contributed by atoms with van der Waals surface area (Å²) in [6.45, 7) is 20.1. The second-order valence-electron chi connectivity index (χ2n) is 16.1. The fourth-order valence-electron chi connectivity index (χ4n) is 7.02. The molecule has 22 nitrogen and oxygen atoms in total. The molecular formula is C50H94N8O14. The molecule has 0 aromatic heterocycles. The third-order valence-electron chi connectivity index (χ3n) is 10.6. The van der Waals surface area contributed by atoms with Gasteiger partial charge in [0.05, 0.1) is 176 Å². The van der Waals surface area contributed by atoms with Crippen molar-refractivity contribution in [3.8, 4) is 24.3 Å². The molecule has 0 radical (unpaired) electrons. The molecule has 0 fully saturated rings. The molecule has 4 N–H and O–H groups in total. The molecule has 0 aliphatic heterocycles. The number of unbranched alkanes of at least 4 members (excludes halogenated alkanes) is 1. The van der Waals surface area contributed by atoms with Crippen molar-refractivity contribution in [2.75, 3.05) is 192 Å². The van der Waals surface area contributed by atoms with Gasteiger partial charge in [0.2, 0.25) is 0 Å². The Morgan fingerprint density at radius 1 is 0.361 bits per heavy atom. The summed E-state index contributed by atoms with van der Waals surface area (Å²) in [6, 6.07) is 8.28. The molecule has 0 saturated carbocycles. The minimum absolute atomic E-state index is 0.108. The average Bonchev–Trinajstić information content (AvgIpc) is 3.39. The van der Waals surface area contributed by atoms with Crippen molar-refractivity contribution in [2.45, 2.75) is 91.0 Å². The Labute approximate surface area is 432 Å². The Morgan fingerprint density at radius 3 is 1.19 bits per heavy atom. The average molecular weight is 1030 g/mol. The maximum Gasteiger partial charge on any atom is 0.114 e. The minimum atomic E-state index is -0.714. The lowest BCUT2D eigenvalue weighted by Crippen LogP contribution is -2.48. The van der Waals surface area contributed by atoms with Crippen LogP contribution in [0.4, 0.5) is 0 Å². The fraction of sp³-hybridized carbons (Fsp3) is 0.920. The zero-order valence-electron chi connectivity index (χ0n) is 44.4. The fourth-order valence-corrected chi connectivity index (χ4v) is 7.02. The highest BCUT2D eigenvalue weighted by Gasteiger charge is 2.33. The van der Waals surface area contributed by atoms with Crippen LogP contribution in [0.5, 0.6) is 0 Å². The molecular weight excluding hydrogens is 937 g/mol. The summed E-state index contributed by atoms with van der Waals surface area (Å²) < 4.78 is 82.8. The van der Waals surface area contributed by atoms with E-state index in [0.717, 1.165) is 38.9 Å². The van der Waals surface area contributed by atoms with Crippen LogP contribution in [-0.2, 0) is 66.3 Å². The first kappa shape index (κ1) is 69.2. The van der Waals surface area contributed by atoms with Crippen LogP contribution in [0.15, 0.2) is 0 Å². The second-order valence-corrected chi connectivity index (χ2v) is 16.1. The molecule has 6 unspecified atom stereocenters. The quantitative estimate of drug-likeness (QED) is 0.0503. The van der Waals surface area contributed by atoms with E-state index >= 15 is 0 Å². The van der Waals surface area contributed by atoms with Crippen LogP contribution in [0, 0.1) is 63.1 Å². The van der Waals surface area contributed by atoms with Gasteiger partial charge in [-0.15, -0.1) is 0 Å². The zero-order valence-corrected chi connectivity index (χ0v) is 44.4. The van der Waals surface area contributed by atoms with Gasteiger partial charge in [-0.3, -0.25) is 21.3 Å². The highest BCUT2D eigenvalue weighted by atomic mass is 16.6. The number of nitriles is 4. The summed E-state index contributed by atoms with van der Waals surface area (Å²) in [5.74, 6) is 0.647. The van der Waals surface area contributed by atoms with Gasteiger partial charge in [-0.1, -0.05) is 0 Å². The van der Waals surface area contributed by atoms with Crippen LogP contribution >= 0.6 is 0 Å². The Hall–Kier alpha value is -2.76. The molecule has 0 rings (SSSR count). The smallest absolute Gasteiger partial charge is 0.114 e. The summed E-state index contributed by atoms with van der Waals surface area (Å²) in [5.41, 5.74) is 0. The van der Waals surface area contributed by atoms with E-state index in [-0.39, 0.29) is 129 Å². The molecule has 72 heavy (non-hydrogen) atoms. The van der Waals surface area contributed by atoms with Crippen LogP contribution in [0.2, 0.25) is 0 Å². The van der Waals surface area contributed by atoms with Crippen molar-refractivity contribution in [1.82, 2.24) is 21.3 Å². The highest BCUT2D eigenvalue weighted by molar-refractivity contribution is 4.83.